The Morgan fingerprint density at radius 3 is 2.38 bits per heavy atom. The van der Waals surface area contributed by atoms with Crippen molar-refractivity contribution >= 4 is 17.7 Å². The summed E-state index contributed by atoms with van der Waals surface area (Å²) >= 11 is 0. The maximum Gasteiger partial charge on any atom is 0.321 e. The van der Waals surface area contributed by atoms with Gasteiger partial charge in [-0.05, 0) is 61.3 Å². The van der Waals surface area contributed by atoms with Crippen LogP contribution in [0.1, 0.15) is 36.8 Å². The van der Waals surface area contributed by atoms with Crippen LogP contribution in [0, 0.1) is 5.92 Å². The maximum absolute atomic E-state index is 12.4. The number of nitrogens with one attached hydrogen (secondary N) is 2. The third kappa shape index (κ3) is 6.02. The van der Waals surface area contributed by atoms with Crippen LogP contribution >= 0.6 is 0 Å². The van der Waals surface area contributed by atoms with Crippen LogP contribution in [0.2, 0.25) is 0 Å². The standard InChI is InChI=1S/C26H35N5O/c1-27-25(30-16-12-22(13-17-30)18-21-8-3-2-4-9-21)28-20-23-10-7-11-24(19-23)29-26(32)31-14-5-6-15-31/h2-4,7-11,19,22H,5-6,12-18,20H2,1H3,(H,27,28)(H,29,32). The number of likely N-dealkylation sites (tertiary alicyclic amines) is 2. The lowest BCUT2D eigenvalue weighted by atomic mass is 9.90. The zero-order valence-electron chi connectivity index (χ0n) is 19.1. The molecule has 0 bridgehead atoms. The number of guanidine groups is 1. The summed E-state index contributed by atoms with van der Waals surface area (Å²) in [5.41, 5.74) is 3.41. The minimum Gasteiger partial charge on any atom is -0.352 e. The van der Waals surface area contributed by atoms with Crippen molar-refractivity contribution < 1.29 is 4.79 Å². The van der Waals surface area contributed by atoms with E-state index in [1.165, 1.54) is 18.4 Å². The Hall–Kier alpha value is -3.02. The van der Waals surface area contributed by atoms with E-state index in [-0.39, 0.29) is 6.03 Å². The lowest BCUT2D eigenvalue weighted by Gasteiger charge is -2.34. The Bertz CT molecular complexity index is 899. The molecule has 0 saturated carbocycles. The number of urea groups is 1. The summed E-state index contributed by atoms with van der Waals surface area (Å²) in [6, 6.07) is 18.9. The molecule has 2 amide bonds. The smallest absolute Gasteiger partial charge is 0.321 e. The monoisotopic (exact) mass is 433 g/mol. The second kappa shape index (κ2) is 11.0. The van der Waals surface area contributed by atoms with Crippen LogP contribution in [0.3, 0.4) is 0 Å². The highest BCUT2D eigenvalue weighted by atomic mass is 16.2. The van der Waals surface area contributed by atoms with Crippen molar-refractivity contribution in [2.24, 2.45) is 10.9 Å². The van der Waals surface area contributed by atoms with E-state index >= 15 is 0 Å². The minimum absolute atomic E-state index is 0.00166. The molecule has 2 fully saturated rings. The fraction of sp³-hybridized carbons (Fsp3) is 0.462. The average molecular weight is 434 g/mol. The number of carbonyl (C=O) groups is 1. The van der Waals surface area contributed by atoms with Crippen LogP contribution in [0.5, 0.6) is 0 Å². The second-order valence-corrected chi connectivity index (χ2v) is 8.85. The molecule has 2 aliphatic rings. The molecule has 6 heteroatoms. The van der Waals surface area contributed by atoms with Gasteiger partial charge in [-0.1, -0.05) is 42.5 Å². The third-order valence-corrected chi connectivity index (χ3v) is 6.52. The Balaban J connectivity index is 1.25. The lowest BCUT2D eigenvalue weighted by molar-refractivity contribution is 0.222. The molecule has 6 nitrogen and oxygen atoms in total. The van der Waals surface area contributed by atoms with Gasteiger partial charge >= 0.3 is 6.03 Å². The van der Waals surface area contributed by atoms with Crippen molar-refractivity contribution in [3.8, 4) is 0 Å². The predicted octanol–water partition coefficient (Wildman–Crippen LogP) is 4.34. The van der Waals surface area contributed by atoms with Crippen LogP contribution < -0.4 is 10.6 Å². The molecule has 170 valence electrons. The van der Waals surface area contributed by atoms with Crippen LogP contribution in [0.25, 0.3) is 0 Å². The molecule has 2 aromatic carbocycles. The zero-order valence-corrected chi connectivity index (χ0v) is 19.1. The van der Waals surface area contributed by atoms with Gasteiger partial charge in [-0.3, -0.25) is 4.99 Å². The number of aliphatic imine (C=N–C) groups is 1. The van der Waals surface area contributed by atoms with Crippen LogP contribution in [-0.2, 0) is 13.0 Å². The van der Waals surface area contributed by atoms with E-state index in [1.807, 2.05) is 30.1 Å². The molecule has 0 aromatic heterocycles. The van der Waals surface area contributed by atoms with Gasteiger partial charge in [-0.15, -0.1) is 0 Å². The predicted molar refractivity (Wildman–Crippen MR) is 131 cm³/mol. The molecule has 2 aromatic rings. The first-order chi connectivity index (χ1) is 15.7. The van der Waals surface area contributed by atoms with Crippen LogP contribution in [0.4, 0.5) is 10.5 Å². The molecule has 0 aliphatic carbocycles. The Morgan fingerprint density at radius 1 is 0.938 bits per heavy atom. The molecule has 4 rings (SSSR count). The zero-order chi connectivity index (χ0) is 22.2. The Kier molecular flexibility index (Phi) is 7.64. The number of hydrogen-bond donors (Lipinski definition) is 2. The summed E-state index contributed by atoms with van der Waals surface area (Å²) in [6.07, 6.45) is 5.73. The first kappa shape index (κ1) is 22.2. The van der Waals surface area contributed by atoms with E-state index in [0.717, 1.165) is 68.6 Å². The molecule has 0 atom stereocenters. The Labute approximate surface area is 191 Å². The summed E-state index contributed by atoms with van der Waals surface area (Å²) < 4.78 is 0. The highest BCUT2D eigenvalue weighted by Crippen LogP contribution is 2.22. The molecule has 0 radical (unpaired) electrons. The summed E-state index contributed by atoms with van der Waals surface area (Å²) in [7, 11) is 1.85. The van der Waals surface area contributed by atoms with Crippen molar-refractivity contribution in [2.75, 3.05) is 38.5 Å². The third-order valence-electron chi connectivity index (χ3n) is 6.52. The van der Waals surface area contributed by atoms with E-state index in [9.17, 15) is 4.79 Å². The van der Waals surface area contributed by atoms with Crippen molar-refractivity contribution in [1.82, 2.24) is 15.1 Å². The van der Waals surface area contributed by atoms with E-state index in [1.54, 1.807) is 0 Å². The first-order valence-corrected chi connectivity index (χ1v) is 11.9. The van der Waals surface area contributed by atoms with E-state index in [2.05, 4.69) is 56.9 Å². The summed E-state index contributed by atoms with van der Waals surface area (Å²) in [6.45, 7) is 4.45. The SMILES string of the molecule is CN=C(NCc1cccc(NC(=O)N2CCCC2)c1)N1CCC(Cc2ccccc2)CC1. The van der Waals surface area contributed by atoms with Gasteiger partial charge in [-0.2, -0.15) is 0 Å². The summed E-state index contributed by atoms with van der Waals surface area (Å²) in [5, 5.41) is 6.54. The molecule has 2 N–H and O–H groups in total. The van der Waals surface area contributed by atoms with Crippen LogP contribution in [0.15, 0.2) is 59.6 Å². The fourth-order valence-electron chi connectivity index (χ4n) is 4.69. The van der Waals surface area contributed by atoms with Crippen LogP contribution in [-0.4, -0.2) is 55.0 Å². The maximum atomic E-state index is 12.4. The number of rotatable bonds is 5. The van der Waals surface area contributed by atoms with Gasteiger partial charge in [-0.25, -0.2) is 4.79 Å². The van der Waals surface area contributed by atoms with Gasteiger partial charge in [0.15, 0.2) is 5.96 Å². The highest BCUT2D eigenvalue weighted by Gasteiger charge is 2.22. The minimum atomic E-state index is 0.00166. The molecule has 32 heavy (non-hydrogen) atoms. The van der Waals surface area contributed by atoms with E-state index in [0.29, 0.717) is 6.54 Å². The second-order valence-electron chi connectivity index (χ2n) is 8.85. The highest BCUT2D eigenvalue weighted by molar-refractivity contribution is 5.89. The van der Waals surface area contributed by atoms with E-state index in [4.69, 9.17) is 0 Å². The van der Waals surface area contributed by atoms with Gasteiger partial charge < -0.3 is 20.4 Å². The molecule has 2 heterocycles. The summed E-state index contributed by atoms with van der Waals surface area (Å²) in [4.78, 5) is 21.1. The largest absolute Gasteiger partial charge is 0.352 e. The number of anilines is 1. The number of amides is 2. The normalized spacial score (nSPS) is 17.5. The molecule has 0 spiro atoms. The number of carbonyl (C=O) groups excluding carboxylic acids is 1. The van der Waals surface area contributed by atoms with Crippen molar-refractivity contribution in [2.45, 2.75) is 38.6 Å². The quantitative estimate of drug-likeness (QED) is 0.545. The van der Waals surface area contributed by atoms with Gasteiger partial charge in [0.1, 0.15) is 0 Å². The fourth-order valence-corrected chi connectivity index (χ4v) is 4.69. The lowest BCUT2D eigenvalue weighted by Crippen LogP contribution is -2.45. The molecular weight excluding hydrogens is 398 g/mol. The number of benzene rings is 2. The van der Waals surface area contributed by atoms with Gasteiger partial charge in [0.2, 0.25) is 0 Å². The van der Waals surface area contributed by atoms with Gasteiger partial charge in [0.25, 0.3) is 0 Å². The Morgan fingerprint density at radius 2 is 1.66 bits per heavy atom. The first-order valence-electron chi connectivity index (χ1n) is 11.9. The molecule has 2 aliphatic heterocycles. The van der Waals surface area contributed by atoms with E-state index < -0.39 is 0 Å². The van der Waals surface area contributed by atoms with Gasteiger partial charge in [0, 0.05) is 45.5 Å². The molecule has 2 saturated heterocycles. The number of nitrogens with zero attached hydrogens (tertiary/aromatic N) is 3. The molecular formula is C26H35N5O. The molecule has 0 unspecified atom stereocenters. The van der Waals surface area contributed by atoms with Crippen molar-refractivity contribution in [1.29, 1.82) is 0 Å². The number of hydrogen-bond acceptors (Lipinski definition) is 2. The topological polar surface area (TPSA) is 60.0 Å². The van der Waals surface area contributed by atoms with Crippen molar-refractivity contribution in [3.05, 3.63) is 65.7 Å². The van der Waals surface area contributed by atoms with Gasteiger partial charge in [0.05, 0.1) is 0 Å². The average Bonchev–Trinajstić information content (AvgIpc) is 3.37. The van der Waals surface area contributed by atoms with Crippen molar-refractivity contribution in [3.63, 3.8) is 0 Å². The number of piperidine rings is 1. The summed E-state index contributed by atoms with van der Waals surface area (Å²) in [5.74, 6) is 1.69.